The van der Waals surface area contributed by atoms with Crippen molar-refractivity contribution in [1.29, 1.82) is 0 Å². The van der Waals surface area contributed by atoms with E-state index in [0.717, 1.165) is 32.5 Å². The van der Waals surface area contributed by atoms with E-state index in [-0.39, 0.29) is 5.91 Å². The number of terminal acetylenes is 1. The fourth-order valence-electron chi connectivity index (χ4n) is 2.19. The van der Waals surface area contributed by atoms with Gasteiger partial charge < -0.3 is 10.6 Å². The van der Waals surface area contributed by atoms with Gasteiger partial charge in [0.1, 0.15) is 5.54 Å². The van der Waals surface area contributed by atoms with Crippen molar-refractivity contribution < 1.29 is 4.79 Å². The second-order valence-electron chi connectivity index (χ2n) is 4.86. The average molecular weight is 251 g/mol. The maximum absolute atomic E-state index is 12.1. The number of amides is 1. The van der Waals surface area contributed by atoms with E-state index >= 15 is 0 Å². The number of carbonyl (C=O) groups is 1. The third kappa shape index (κ3) is 3.47. The van der Waals surface area contributed by atoms with Crippen LogP contribution in [0.5, 0.6) is 0 Å². The number of hydrogen-bond donors (Lipinski definition) is 2. The first-order valence-corrected chi connectivity index (χ1v) is 6.84. The summed E-state index contributed by atoms with van der Waals surface area (Å²) in [7, 11) is 0. The topological polar surface area (TPSA) is 44.4 Å². The molecule has 4 nitrogen and oxygen atoms in total. The zero-order valence-electron chi connectivity index (χ0n) is 11.8. The Balaban J connectivity index is 2.51. The number of hydrogen-bond acceptors (Lipinski definition) is 3. The number of rotatable bonds is 7. The molecule has 102 valence electrons. The minimum Gasteiger partial charge on any atom is -0.339 e. The Bertz CT molecular complexity index is 313. The van der Waals surface area contributed by atoms with Gasteiger partial charge in [-0.3, -0.25) is 9.69 Å². The molecule has 1 rings (SSSR count). The lowest BCUT2D eigenvalue weighted by molar-refractivity contribution is -0.124. The van der Waals surface area contributed by atoms with Crippen LogP contribution in [0.25, 0.3) is 0 Å². The van der Waals surface area contributed by atoms with Crippen molar-refractivity contribution >= 4 is 5.91 Å². The highest BCUT2D eigenvalue weighted by molar-refractivity contribution is 5.79. The molecule has 0 aromatic rings. The normalized spacial score (nSPS) is 16.2. The first-order chi connectivity index (χ1) is 8.60. The molecule has 0 spiro atoms. The summed E-state index contributed by atoms with van der Waals surface area (Å²) < 4.78 is 0. The minimum absolute atomic E-state index is 0.0328. The highest BCUT2D eigenvalue weighted by Crippen LogP contribution is 2.13. The van der Waals surface area contributed by atoms with Gasteiger partial charge in [-0.05, 0) is 19.4 Å². The highest BCUT2D eigenvalue weighted by atomic mass is 16.2. The number of nitrogens with zero attached hydrogens (tertiary/aromatic N) is 1. The molecule has 1 aliphatic heterocycles. The zero-order chi connectivity index (χ0) is 13.6. The summed E-state index contributed by atoms with van der Waals surface area (Å²) in [5, 5.41) is 6.24. The van der Waals surface area contributed by atoms with Crippen molar-refractivity contribution in [2.75, 3.05) is 26.2 Å². The second kappa shape index (κ2) is 6.77. The molecule has 0 bridgehead atoms. The third-order valence-corrected chi connectivity index (χ3v) is 3.89. The van der Waals surface area contributed by atoms with Crippen molar-refractivity contribution in [3.05, 3.63) is 0 Å². The zero-order valence-corrected chi connectivity index (χ0v) is 11.8. The van der Waals surface area contributed by atoms with Crippen LogP contribution in [0.3, 0.4) is 0 Å². The van der Waals surface area contributed by atoms with E-state index in [1.54, 1.807) is 0 Å². The van der Waals surface area contributed by atoms with Crippen LogP contribution < -0.4 is 10.6 Å². The molecule has 0 atom stereocenters. The van der Waals surface area contributed by atoms with Crippen LogP contribution in [0, 0.1) is 12.3 Å². The minimum atomic E-state index is -0.478. The Morgan fingerprint density at radius 1 is 1.44 bits per heavy atom. The monoisotopic (exact) mass is 251 g/mol. The van der Waals surface area contributed by atoms with Crippen LogP contribution in [0.15, 0.2) is 0 Å². The van der Waals surface area contributed by atoms with E-state index in [2.05, 4.69) is 28.4 Å². The summed E-state index contributed by atoms with van der Waals surface area (Å²) in [6.07, 6.45) is 7.08. The van der Waals surface area contributed by atoms with E-state index < -0.39 is 5.54 Å². The quantitative estimate of drug-likeness (QED) is 0.651. The second-order valence-corrected chi connectivity index (χ2v) is 4.86. The lowest BCUT2D eigenvalue weighted by Gasteiger charge is -2.38. The smallest absolute Gasteiger partial charge is 0.235 e. The molecule has 1 saturated heterocycles. The molecular weight excluding hydrogens is 226 g/mol. The first-order valence-electron chi connectivity index (χ1n) is 6.84. The van der Waals surface area contributed by atoms with Gasteiger partial charge in [0.15, 0.2) is 0 Å². The molecular formula is C14H25N3O. The molecule has 0 aromatic heterocycles. The van der Waals surface area contributed by atoms with Gasteiger partial charge in [-0.1, -0.05) is 26.7 Å². The van der Waals surface area contributed by atoms with Gasteiger partial charge in [-0.2, -0.15) is 0 Å². The van der Waals surface area contributed by atoms with Crippen LogP contribution in [0.2, 0.25) is 0 Å². The predicted molar refractivity (Wildman–Crippen MR) is 74.2 cm³/mol. The summed E-state index contributed by atoms with van der Waals surface area (Å²) >= 11 is 0. The largest absolute Gasteiger partial charge is 0.339 e. The van der Waals surface area contributed by atoms with Crippen molar-refractivity contribution in [2.24, 2.45) is 0 Å². The van der Waals surface area contributed by atoms with E-state index in [1.807, 2.05) is 13.8 Å². The molecule has 0 aliphatic carbocycles. The Morgan fingerprint density at radius 3 is 2.39 bits per heavy atom. The summed E-state index contributed by atoms with van der Waals surface area (Å²) in [5.74, 6) is 2.76. The maximum atomic E-state index is 12.1. The molecule has 1 amide bonds. The van der Waals surface area contributed by atoms with Crippen LogP contribution in [-0.2, 0) is 4.79 Å². The number of nitrogens with one attached hydrogen (secondary N) is 2. The molecule has 1 fully saturated rings. The van der Waals surface area contributed by atoms with Crippen LogP contribution >= 0.6 is 0 Å². The molecule has 2 N–H and O–H groups in total. The van der Waals surface area contributed by atoms with Crippen molar-refractivity contribution in [3.8, 4) is 12.3 Å². The van der Waals surface area contributed by atoms with Gasteiger partial charge in [-0.15, -0.1) is 6.42 Å². The summed E-state index contributed by atoms with van der Waals surface area (Å²) in [4.78, 5) is 14.3. The molecule has 1 aliphatic rings. The molecule has 4 heteroatoms. The predicted octanol–water partition coefficient (Wildman–Crippen LogP) is 0.588. The molecule has 18 heavy (non-hydrogen) atoms. The van der Waals surface area contributed by atoms with Crippen LogP contribution in [0.1, 0.15) is 33.6 Å². The Kier molecular flexibility index (Phi) is 5.64. The Morgan fingerprint density at radius 2 is 2.06 bits per heavy atom. The van der Waals surface area contributed by atoms with E-state index in [0.29, 0.717) is 12.6 Å². The molecule has 0 aromatic carbocycles. The molecule has 0 saturated carbocycles. The summed E-state index contributed by atoms with van der Waals surface area (Å²) in [6, 6.07) is 0.490. The lowest BCUT2D eigenvalue weighted by atomic mass is 9.94. The van der Waals surface area contributed by atoms with Gasteiger partial charge >= 0.3 is 0 Å². The van der Waals surface area contributed by atoms with Gasteiger partial charge in [0.05, 0.1) is 6.54 Å². The molecule has 0 unspecified atom stereocenters. The fourth-order valence-corrected chi connectivity index (χ4v) is 2.19. The van der Waals surface area contributed by atoms with Gasteiger partial charge in [-0.25, -0.2) is 0 Å². The maximum Gasteiger partial charge on any atom is 0.235 e. The van der Waals surface area contributed by atoms with Crippen molar-refractivity contribution in [3.63, 3.8) is 0 Å². The lowest BCUT2D eigenvalue weighted by Crippen LogP contribution is -2.60. The summed E-state index contributed by atoms with van der Waals surface area (Å²) in [5.41, 5.74) is -0.478. The number of likely N-dealkylation sites (N-methyl/N-ethyl adjacent to an activating group) is 1. The number of carbonyl (C=O) groups excluding carboxylic acids is 1. The third-order valence-electron chi connectivity index (χ3n) is 3.89. The van der Waals surface area contributed by atoms with E-state index in [9.17, 15) is 4.79 Å². The Hall–Kier alpha value is -1.05. The van der Waals surface area contributed by atoms with Crippen molar-refractivity contribution in [2.45, 2.75) is 45.2 Å². The van der Waals surface area contributed by atoms with Crippen molar-refractivity contribution in [1.82, 2.24) is 15.5 Å². The highest BCUT2D eigenvalue weighted by Gasteiger charge is 2.29. The van der Waals surface area contributed by atoms with Gasteiger partial charge in [0.2, 0.25) is 5.91 Å². The Labute approximate surface area is 110 Å². The van der Waals surface area contributed by atoms with Gasteiger partial charge in [0, 0.05) is 19.1 Å². The van der Waals surface area contributed by atoms with Crippen LogP contribution in [-0.4, -0.2) is 48.6 Å². The first kappa shape index (κ1) is 15.0. The van der Waals surface area contributed by atoms with E-state index in [4.69, 9.17) is 6.42 Å². The average Bonchev–Trinajstić information content (AvgIpc) is 2.33. The SMILES string of the molecule is C#CC(CC)(CC)NC(=O)CN(CC)C1CNC1. The molecule has 0 radical (unpaired) electrons. The van der Waals surface area contributed by atoms with Crippen LogP contribution in [0.4, 0.5) is 0 Å². The molecule has 1 heterocycles. The standard InChI is InChI=1S/C14H25N3O/c1-5-14(6-2,7-3)16-13(18)11-17(8-4)12-9-15-10-12/h1,12,15H,6-11H2,2-4H3,(H,16,18). The fraction of sp³-hybridized carbons (Fsp3) is 0.786. The van der Waals surface area contributed by atoms with E-state index in [1.165, 1.54) is 0 Å². The van der Waals surface area contributed by atoms with Gasteiger partial charge in [0.25, 0.3) is 0 Å². The summed E-state index contributed by atoms with van der Waals surface area (Å²) in [6.45, 7) is 9.38.